The van der Waals surface area contributed by atoms with E-state index in [2.05, 4.69) is 15.9 Å². The zero-order chi connectivity index (χ0) is 11.6. The second-order valence-electron chi connectivity index (χ2n) is 2.97. The zero-order valence-electron chi connectivity index (χ0n) is 7.52. The van der Waals surface area contributed by atoms with Crippen molar-refractivity contribution in [1.82, 2.24) is 0 Å². The molecule has 6 heteroatoms. The SMILES string of the molecule is NC(C(=O)O)C(O)c1cc(Cl)ccc1Br. The largest absolute Gasteiger partial charge is 0.480 e. The maximum Gasteiger partial charge on any atom is 0.323 e. The molecule has 0 aliphatic carbocycles. The van der Waals surface area contributed by atoms with Gasteiger partial charge in [0, 0.05) is 9.50 Å². The van der Waals surface area contributed by atoms with Crippen molar-refractivity contribution in [1.29, 1.82) is 0 Å². The first-order valence-corrected chi connectivity index (χ1v) is 5.22. The van der Waals surface area contributed by atoms with Gasteiger partial charge < -0.3 is 15.9 Å². The number of hydrogen-bond acceptors (Lipinski definition) is 3. The number of aliphatic carboxylic acids is 1. The van der Waals surface area contributed by atoms with Crippen LogP contribution in [-0.4, -0.2) is 22.2 Å². The minimum atomic E-state index is -1.38. The van der Waals surface area contributed by atoms with Crippen molar-refractivity contribution >= 4 is 33.5 Å². The topological polar surface area (TPSA) is 83.6 Å². The summed E-state index contributed by atoms with van der Waals surface area (Å²) in [6, 6.07) is 3.34. The van der Waals surface area contributed by atoms with Gasteiger partial charge in [0.15, 0.2) is 0 Å². The first-order chi connectivity index (χ1) is 6.93. The summed E-state index contributed by atoms with van der Waals surface area (Å²) < 4.78 is 0.566. The zero-order valence-corrected chi connectivity index (χ0v) is 9.86. The van der Waals surface area contributed by atoms with Gasteiger partial charge in [0.2, 0.25) is 0 Å². The van der Waals surface area contributed by atoms with Crippen LogP contribution in [0.4, 0.5) is 0 Å². The molecule has 0 saturated heterocycles. The summed E-state index contributed by atoms with van der Waals surface area (Å²) in [4.78, 5) is 10.6. The lowest BCUT2D eigenvalue weighted by Gasteiger charge is -2.16. The van der Waals surface area contributed by atoms with E-state index in [4.69, 9.17) is 22.4 Å². The lowest BCUT2D eigenvalue weighted by atomic mass is 10.0. The van der Waals surface area contributed by atoms with E-state index in [-0.39, 0.29) is 0 Å². The molecular formula is C9H9BrClNO3. The van der Waals surface area contributed by atoms with E-state index in [0.717, 1.165) is 0 Å². The summed E-state index contributed by atoms with van der Waals surface area (Å²) in [5.41, 5.74) is 5.66. The van der Waals surface area contributed by atoms with Crippen LogP contribution in [0, 0.1) is 0 Å². The van der Waals surface area contributed by atoms with Gasteiger partial charge >= 0.3 is 5.97 Å². The fourth-order valence-electron chi connectivity index (χ4n) is 1.07. The van der Waals surface area contributed by atoms with Gasteiger partial charge in [-0.3, -0.25) is 4.79 Å². The summed E-state index contributed by atoms with van der Waals surface area (Å²) >= 11 is 8.91. The number of nitrogens with two attached hydrogens (primary N) is 1. The number of benzene rings is 1. The van der Waals surface area contributed by atoms with Crippen LogP contribution in [0.2, 0.25) is 5.02 Å². The second-order valence-corrected chi connectivity index (χ2v) is 4.27. The third-order valence-corrected chi connectivity index (χ3v) is 2.86. The summed E-state index contributed by atoms with van der Waals surface area (Å²) in [6.45, 7) is 0. The Kier molecular flexibility index (Phi) is 4.10. The minimum Gasteiger partial charge on any atom is -0.480 e. The van der Waals surface area contributed by atoms with Crippen molar-refractivity contribution in [2.24, 2.45) is 5.73 Å². The van der Waals surface area contributed by atoms with Crippen LogP contribution in [0.3, 0.4) is 0 Å². The van der Waals surface area contributed by atoms with Gasteiger partial charge in [-0.05, 0) is 23.8 Å². The highest BCUT2D eigenvalue weighted by molar-refractivity contribution is 9.10. The van der Waals surface area contributed by atoms with Crippen molar-refractivity contribution in [3.8, 4) is 0 Å². The van der Waals surface area contributed by atoms with E-state index in [0.29, 0.717) is 15.1 Å². The number of carbonyl (C=O) groups is 1. The molecule has 0 spiro atoms. The molecule has 2 atom stereocenters. The Morgan fingerprint density at radius 2 is 2.13 bits per heavy atom. The molecule has 0 aliphatic rings. The predicted molar refractivity (Wildman–Crippen MR) is 59.7 cm³/mol. The average molecular weight is 295 g/mol. The molecular weight excluding hydrogens is 285 g/mol. The Balaban J connectivity index is 3.04. The van der Waals surface area contributed by atoms with Crippen molar-refractivity contribution in [2.75, 3.05) is 0 Å². The van der Waals surface area contributed by atoms with Crippen LogP contribution < -0.4 is 5.73 Å². The molecule has 0 saturated carbocycles. The third-order valence-electron chi connectivity index (χ3n) is 1.90. The molecule has 2 unspecified atom stereocenters. The Hall–Kier alpha value is -0.620. The van der Waals surface area contributed by atoms with Crippen LogP contribution in [0.5, 0.6) is 0 Å². The molecule has 0 bridgehead atoms. The molecule has 0 aromatic heterocycles. The molecule has 1 rings (SSSR count). The molecule has 0 amide bonds. The normalized spacial score (nSPS) is 14.7. The highest BCUT2D eigenvalue weighted by Crippen LogP contribution is 2.28. The average Bonchev–Trinajstić information content (AvgIpc) is 2.19. The quantitative estimate of drug-likeness (QED) is 0.790. The van der Waals surface area contributed by atoms with Crippen LogP contribution in [0.25, 0.3) is 0 Å². The molecule has 0 heterocycles. The molecule has 1 aromatic carbocycles. The van der Waals surface area contributed by atoms with E-state index >= 15 is 0 Å². The lowest BCUT2D eigenvalue weighted by Crippen LogP contribution is -2.36. The first-order valence-electron chi connectivity index (χ1n) is 4.05. The van der Waals surface area contributed by atoms with Crippen LogP contribution in [0.1, 0.15) is 11.7 Å². The number of carboxylic acid groups (broad SMARTS) is 1. The Morgan fingerprint density at radius 3 is 2.67 bits per heavy atom. The van der Waals surface area contributed by atoms with Crippen LogP contribution >= 0.6 is 27.5 Å². The standard InChI is InChI=1S/C9H9BrClNO3/c10-6-2-1-4(11)3-5(6)8(13)7(12)9(14)15/h1-3,7-8,13H,12H2,(H,14,15). The number of halogens is 2. The fraction of sp³-hybridized carbons (Fsp3) is 0.222. The molecule has 82 valence electrons. The van der Waals surface area contributed by atoms with Crippen molar-refractivity contribution in [3.63, 3.8) is 0 Å². The van der Waals surface area contributed by atoms with Gasteiger partial charge in [-0.25, -0.2) is 0 Å². The van der Waals surface area contributed by atoms with Gasteiger partial charge in [-0.2, -0.15) is 0 Å². The van der Waals surface area contributed by atoms with Gasteiger partial charge in [0.25, 0.3) is 0 Å². The Bertz CT molecular complexity index is 386. The maximum atomic E-state index is 10.6. The molecule has 0 radical (unpaired) electrons. The molecule has 15 heavy (non-hydrogen) atoms. The van der Waals surface area contributed by atoms with Gasteiger partial charge in [0.1, 0.15) is 12.1 Å². The highest BCUT2D eigenvalue weighted by Gasteiger charge is 2.25. The molecule has 4 N–H and O–H groups in total. The number of aliphatic hydroxyl groups excluding tert-OH is 1. The second kappa shape index (κ2) is 4.94. The monoisotopic (exact) mass is 293 g/mol. The molecule has 0 aliphatic heterocycles. The minimum absolute atomic E-state index is 0.359. The number of aliphatic hydroxyl groups is 1. The smallest absolute Gasteiger partial charge is 0.323 e. The molecule has 1 aromatic rings. The van der Waals surface area contributed by atoms with Crippen molar-refractivity contribution in [2.45, 2.75) is 12.1 Å². The summed E-state index contributed by atoms with van der Waals surface area (Å²) in [5.74, 6) is -1.27. The fourth-order valence-corrected chi connectivity index (χ4v) is 1.73. The van der Waals surface area contributed by atoms with E-state index in [1.54, 1.807) is 12.1 Å². The third kappa shape index (κ3) is 2.92. The van der Waals surface area contributed by atoms with E-state index in [9.17, 15) is 9.90 Å². The van der Waals surface area contributed by atoms with Gasteiger partial charge in [0.05, 0.1) is 0 Å². The van der Waals surface area contributed by atoms with Gasteiger partial charge in [-0.1, -0.05) is 27.5 Å². The Labute approximate surface area is 99.8 Å². The molecule has 0 fully saturated rings. The predicted octanol–water partition coefficient (Wildman–Crippen LogP) is 1.55. The van der Waals surface area contributed by atoms with Crippen LogP contribution in [-0.2, 0) is 4.79 Å². The van der Waals surface area contributed by atoms with Gasteiger partial charge in [-0.15, -0.1) is 0 Å². The first kappa shape index (κ1) is 12.4. The van der Waals surface area contributed by atoms with E-state index < -0.39 is 18.1 Å². The van der Waals surface area contributed by atoms with E-state index in [1.165, 1.54) is 6.07 Å². The number of rotatable bonds is 3. The summed E-state index contributed by atoms with van der Waals surface area (Å²) in [5, 5.41) is 18.7. The Morgan fingerprint density at radius 1 is 1.53 bits per heavy atom. The highest BCUT2D eigenvalue weighted by atomic mass is 79.9. The van der Waals surface area contributed by atoms with E-state index in [1.807, 2.05) is 0 Å². The van der Waals surface area contributed by atoms with Crippen LogP contribution in [0.15, 0.2) is 22.7 Å². The number of hydrogen-bond donors (Lipinski definition) is 3. The maximum absolute atomic E-state index is 10.6. The number of carboxylic acids is 1. The summed E-state index contributed by atoms with van der Waals surface area (Å²) in [6.07, 6.45) is -1.30. The lowest BCUT2D eigenvalue weighted by molar-refractivity contribution is -0.141. The molecule has 4 nitrogen and oxygen atoms in total. The van der Waals surface area contributed by atoms with Crippen molar-refractivity contribution in [3.05, 3.63) is 33.3 Å². The summed E-state index contributed by atoms with van der Waals surface area (Å²) in [7, 11) is 0. The van der Waals surface area contributed by atoms with Crippen molar-refractivity contribution < 1.29 is 15.0 Å².